The van der Waals surface area contributed by atoms with Crippen LogP contribution in [0.1, 0.15) is 30.4 Å². The van der Waals surface area contributed by atoms with E-state index in [1.165, 1.54) is 56.3 Å². The first kappa shape index (κ1) is 31.3. The first-order valence-corrected chi connectivity index (χ1v) is 16.4. The lowest BCUT2D eigenvalue weighted by Gasteiger charge is -2.32. The number of benzene rings is 3. The smallest absolute Gasteiger partial charge is 0.407 e. The second-order valence-corrected chi connectivity index (χ2v) is 13.6. The minimum Gasteiger partial charge on any atom is -0.508 e. The van der Waals surface area contributed by atoms with E-state index >= 15 is 0 Å². The molecule has 0 aliphatic carbocycles. The van der Waals surface area contributed by atoms with Gasteiger partial charge in [0.25, 0.3) is 0 Å². The lowest BCUT2D eigenvalue weighted by Crippen LogP contribution is -2.47. The quantitative estimate of drug-likeness (QED) is 0.286. The molecule has 3 aliphatic heterocycles. The summed E-state index contributed by atoms with van der Waals surface area (Å²) in [5, 5.41) is 8.62. The molecule has 0 saturated carbocycles. The number of phenols is 1. The molecule has 0 spiro atoms. The largest absolute Gasteiger partial charge is 0.508 e. The number of hydrogen-bond donors (Lipinski definition) is 1. The van der Waals surface area contributed by atoms with Crippen molar-refractivity contribution in [2.75, 3.05) is 44.2 Å². The molecule has 12 heteroatoms. The van der Waals surface area contributed by atoms with Crippen LogP contribution in [0.5, 0.6) is 17.2 Å². The zero-order chi connectivity index (χ0) is 31.8. The van der Waals surface area contributed by atoms with Crippen molar-refractivity contribution in [2.45, 2.75) is 42.9 Å². The Morgan fingerprint density at radius 2 is 1.51 bits per heavy atom. The van der Waals surface area contributed by atoms with E-state index < -0.39 is 40.2 Å². The van der Waals surface area contributed by atoms with Crippen molar-refractivity contribution in [3.05, 3.63) is 83.9 Å². The molecule has 2 saturated heterocycles. The molecule has 240 valence electrons. The van der Waals surface area contributed by atoms with Crippen LogP contribution in [-0.2, 0) is 14.8 Å². The third-order valence-electron chi connectivity index (χ3n) is 8.58. The van der Waals surface area contributed by atoms with Crippen molar-refractivity contribution in [1.29, 1.82) is 0 Å². The number of phenolic OH excluding ortho intramolecular Hbond substituents is 1. The maximum absolute atomic E-state index is 14.1. The number of sulfonamides is 1. The van der Waals surface area contributed by atoms with Crippen molar-refractivity contribution in [1.82, 2.24) is 4.90 Å². The Morgan fingerprint density at radius 3 is 2.13 bits per heavy atom. The highest BCUT2D eigenvalue weighted by atomic mass is 32.2. The van der Waals surface area contributed by atoms with Crippen LogP contribution >= 0.6 is 0 Å². The van der Waals surface area contributed by atoms with E-state index in [0.29, 0.717) is 33.5 Å². The van der Waals surface area contributed by atoms with Crippen LogP contribution in [0.3, 0.4) is 0 Å². The maximum Gasteiger partial charge on any atom is 0.407 e. The predicted octanol–water partition coefficient (Wildman–Crippen LogP) is 5.72. The number of aromatic hydroxyl groups is 1. The Balaban J connectivity index is 1.33. The lowest BCUT2D eigenvalue weighted by atomic mass is 9.83. The Hall–Kier alpha value is -3.74. The number of fused-ring (bicyclic) bond motifs is 2. The third-order valence-corrected chi connectivity index (χ3v) is 10.7. The van der Waals surface area contributed by atoms with Gasteiger partial charge in [-0.3, -0.25) is 9.21 Å². The van der Waals surface area contributed by atoms with Gasteiger partial charge in [0, 0.05) is 6.54 Å². The number of alkyl halides is 3. The molecule has 3 atom stereocenters. The summed E-state index contributed by atoms with van der Waals surface area (Å²) >= 11 is 0. The van der Waals surface area contributed by atoms with Gasteiger partial charge in [-0.15, -0.1) is 0 Å². The maximum atomic E-state index is 14.1. The van der Waals surface area contributed by atoms with Crippen LogP contribution in [0.25, 0.3) is 11.1 Å². The van der Waals surface area contributed by atoms with E-state index in [4.69, 9.17) is 14.2 Å². The van der Waals surface area contributed by atoms with Crippen LogP contribution < -0.4 is 13.8 Å². The van der Waals surface area contributed by atoms with Gasteiger partial charge in [0.05, 0.1) is 18.9 Å². The molecule has 1 N–H and O–H groups in total. The van der Waals surface area contributed by atoms with Gasteiger partial charge >= 0.3 is 6.18 Å². The van der Waals surface area contributed by atoms with E-state index in [2.05, 4.69) is 4.90 Å². The van der Waals surface area contributed by atoms with Crippen LogP contribution in [-0.4, -0.2) is 82.0 Å². The SMILES string of the molecule is COc1ccc(N(CC(F)(F)F)S(=O)(=O)C2CC3OC2C(c2ccc(OCCN4CCCC4)cc2)=C3c2ccc(O)cc2)cc1. The monoisotopic (exact) mass is 644 g/mol. The fourth-order valence-corrected chi connectivity index (χ4v) is 8.43. The highest BCUT2D eigenvalue weighted by molar-refractivity contribution is 7.93. The normalized spacial score (nSPS) is 21.8. The topological polar surface area (TPSA) is 88.5 Å². The molecule has 6 rings (SSSR count). The fourth-order valence-electron chi connectivity index (χ4n) is 6.43. The summed E-state index contributed by atoms with van der Waals surface area (Å²) in [6, 6.07) is 19.2. The highest BCUT2D eigenvalue weighted by Gasteiger charge is 2.55. The Morgan fingerprint density at radius 1 is 0.911 bits per heavy atom. The summed E-state index contributed by atoms with van der Waals surface area (Å²) in [4.78, 5) is 2.35. The third kappa shape index (κ3) is 6.63. The minimum absolute atomic E-state index is 0.0189. The molecule has 3 heterocycles. The molecule has 3 aromatic carbocycles. The van der Waals surface area contributed by atoms with E-state index in [1.54, 1.807) is 12.1 Å². The second kappa shape index (κ2) is 12.6. The molecular weight excluding hydrogens is 609 g/mol. The van der Waals surface area contributed by atoms with Crippen LogP contribution in [0.4, 0.5) is 18.9 Å². The van der Waals surface area contributed by atoms with Crippen LogP contribution in [0, 0.1) is 0 Å². The Labute approximate surface area is 260 Å². The van der Waals surface area contributed by atoms with E-state index in [-0.39, 0.29) is 17.9 Å². The second-order valence-electron chi connectivity index (χ2n) is 11.5. The molecule has 2 fully saturated rings. The van der Waals surface area contributed by atoms with Gasteiger partial charge < -0.3 is 19.3 Å². The average molecular weight is 645 g/mol. The Kier molecular flexibility index (Phi) is 8.73. The Bertz CT molecular complexity index is 1620. The summed E-state index contributed by atoms with van der Waals surface area (Å²) in [6.07, 6.45) is -4.10. The zero-order valence-electron chi connectivity index (χ0n) is 24.7. The van der Waals surface area contributed by atoms with Gasteiger partial charge in [-0.2, -0.15) is 13.2 Å². The number of halogens is 3. The van der Waals surface area contributed by atoms with E-state index in [0.717, 1.165) is 30.8 Å². The van der Waals surface area contributed by atoms with Gasteiger partial charge in [0.15, 0.2) is 0 Å². The average Bonchev–Trinajstić information content (AvgIpc) is 3.78. The van der Waals surface area contributed by atoms with Gasteiger partial charge in [0.2, 0.25) is 10.0 Å². The summed E-state index contributed by atoms with van der Waals surface area (Å²) in [5.74, 6) is 1.12. The number of rotatable bonds is 11. The molecule has 0 amide bonds. The predicted molar refractivity (Wildman–Crippen MR) is 165 cm³/mol. The van der Waals surface area contributed by atoms with E-state index in [1.807, 2.05) is 24.3 Å². The summed E-state index contributed by atoms with van der Waals surface area (Å²) in [5.41, 5.74) is 2.65. The lowest BCUT2D eigenvalue weighted by molar-refractivity contribution is -0.117. The van der Waals surface area contributed by atoms with Crippen molar-refractivity contribution in [3.63, 3.8) is 0 Å². The first-order valence-electron chi connectivity index (χ1n) is 14.9. The van der Waals surface area contributed by atoms with Gasteiger partial charge in [-0.25, -0.2) is 8.42 Å². The molecular formula is C33H35F3N2O6S. The van der Waals surface area contributed by atoms with Gasteiger partial charge in [-0.1, -0.05) is 24.3 Å². The molecule has 3 aliphatic rings. The standard InChI is InChI=1S/C33H35F3N2O6S/c1-42-26-14-8-24(9-15-26)38(21-33(34,35)36)45(40,41)29-20-28-30(22-4-10-25(39)11-5-22)31(32(29)44-28)23-6-12-27(13-7-23)43-19-18-37-16-2-3-17-37/h4-15,28-29,32,39H,2-3,16-21H2,1H3. The number of hydrogen-bond acceptors (Lipinski definition) is 7. The molecule has 45 heavy (non-hydrogen) atoms. The van der Waals surface area contributed by atoms with Crippen molar-refractivity contribution >= 4 is 26.9 Å². The summed E-state index contributed by atoms with van der Waals surface area (Å²) in [6.45, 7) is 1.83. The molecule has 0 radical (unpaired) electrons. The minimum atomic E-state index is -4.79. The zero-order valence-corrected chi connectivity index (χ0v) is 25.6. The van der Waals surface area contributed by atoms with Crippen molar-refractivity contribution in [3.8, 4) is 17.2 Å². The number of anilines is 1. The summed E-state index contributed by atoms with van der Waals surface area (Å²) < 4.78 is 87.4. The number of nitrogens with zero attached hydrogens (tertiary/aromatic N) is 2. The number of ether oxygens (including phenoxy) is 3. The molecule has 3 aromatic rings. The molecule has 2 bridgehead atoms. The van der Waals surface area contributed by atoms with Crippen LogP contribution in [0.15, 0.2) is 72.8 Å². The van der Waals surface area contributed by atoms with Crippen molar-refractivity contribution < 1.29 is 40.9 Å². The number of methoxy groups -OCH3 is 1. The summed E-state index contributed by atoms with van der Waals surface area (Å²) in [7, 11) is -3.16. The molecule has 0 aromatic heterocycles. The fraction of sp³-hybridized carbons (Fsp3) is 0.394. The molecule has 8 nitrogen and oxygen atoms in total. The van der Waals surface area contributed by atoms with Crippen LogP contribution in [0.2, 0.25) is 0 Å². The highest BCUT2D eigenvalue weighted by Crippen LogP contribution is 2.51. The van der Waals surface area contributed by atoms with E-state index in [9.17, 15) is 26.7 Å². The first-order chi connectivity index (χ1) is 21.5. The molecule has 3 unspecified atom stereocenters. The number of likely N-dealkylation sites (tertiary alicyclic amines) is 1. The van der Waals surface area contributed by atoms with Crippen molar-refractivity contribution in [2.24, 2.45) is 0 Å². The van der Waals surface area contributed by atoms with Gasteiger partial charge in [-0.05, 0) is 103 Å². The van der Waals surface area contributed by atoms with Gasteiger partial charge in [0.1, 0.15) is 41.8 Å².